The maximum Gasteiger partial charge on any atom is 0.0194 e. The molecule has 1 aromatic carbocycles. The molecule has 0 radical (unpaired) electrons. The van der Waals surface area contributed by atoms with E-state index in [0.717, 1.165) is 10.9 Å². The first-order valence-electron chi connectivity index (χ1n) is 5.17. The molecule has 1 aliphatic heterocycles. The van der Waals surface area contributed by atoms with Gasteiger partial charge in [0.15, 0.2) is 0 Å². The molecule has 0 aromatic heterocycles. The van der Waals surface area contributed by atoms with Gasteiger partial charge in [-0.15, -0.1) is 12.4 Å². The first-order chi connectivity index (χ1) is 6.68. The summed E-state index contributed by atoms with van der Waals surface area (Å²) in [6, 6.07) is 8.64. The van der Waals surface area contributed by atoms with E-state index in [4.69, 9.17) is 0 Å². The van der Waals surface area contributed by atoms with Crippen LogP contribution in [0.1, 0.15) is 25.3 Å². The third-order valence-corrected chi connectivity index (χ3v) is 3.49. The van der Waals surface area contributed by atoms with Gasteiger partial charge in [-0.2, -0.15) is 0 Å². The molecule has 1 saturated heterocycles. The number of halogens is 2. The predicted octanol–water partition coefficient (Wildman–Crippen LogP) is 3.56. The molecular formula is C12H17BrClN. The van der Waals surface area contributed by atoms with Gasteiger partial charge in [0.25, 0.3) is 0 Å². The molecule has 1 heterocycles. The lowest BCUT2D eigenvalue weighted by Crippen LogP contribution is -2.38. The van der Waals surface area contributed by atoms with Crippen LogP contribution < -0.4 is 5.32 Å². The van der Waals surface area contributed by atoms with E-state index in [2.05, 4.69) is 52.4 Å². The molecule has 0 saturated carbocycles. The Balaban J connectivity index is 0.00000112. The van der Waals surface area contributed by atoms with Crippen molar-refractivity contribution in [2.75, 3.05) is 6.54 Å². The maximum absolute atomic E-state index is 3.58. The quantitative estimate of drug-likeness (QED) is 0.878. The molecule has 0 spiro atoms. The van der Waals surface area contributed by atoms with Gasteiger partial charge < -0.3 is 5.32 Å². The molecule has 1 nitrogen and oxygen atoms in total. The van der Waals surface area contributed by atoms with Crippen LogP contribution in [-0.4, -0.2) is 12.1 Å². The summed E-state index contributed by atoms with van der Waals surface area (Å²) in [5.74, 6) is 0. The van der Waals surface area contributed by atoms with Gasteiger partial charge in [-0.3, -0.25) is 0 Å². The third kappa shape index (κ3) is 3.47. The zero-order chi connectivity index (χ0) is 10.0. The highest BCUT2D eigenvalue weighted by molar-refractivity contribution is 9.10. The van der Waals surface area contributed by atoms with Crippen molar-refractivity contribution in [3.63, 3.8) is 0 Å². The highest BCUT2D eigenvalue weighted by Gasteiger charge is 2.27. The molecule has 1 fully saturated rings. The Morgan fingerprint density at radius 3 is 2.53 bits per heavy atom. The zero-order valence-corrected chi connectivity index (χ0v) is 11.3. The second-order valence-electron chi connectivity index (χ2n) is 4.39. The van der Waals surface area contributed by atoms with Gasteiger partial charge in [0.05, 0.1) is 0 Å². The predicted molar refractivity (Wildman–Crippen MR) is 70.7 cm³/mol. The first kappa shape index (κ1) is 13.0. The van der Waals surface area contributed by atoms with Crippen LogP contribution >= 0.6 is 28.3 Å². The molecule has 1 aromatic rings. The lowest BCUT2D eigenvalue weighted by Gasteiger charge is -2.24. The van der Waals surface area contributed by atoms with Crippen LogP contribution in [-0.2, 0) is 6.42 Å². The second-order valence-corrected chi connectivity index (χ2v) is 5.31. The van der Waals surface area contributed by atoms with Crippen molar-refractivity contribution in [3.05, 3.63) is 34.3 Å². The first-order valence-corrected chi connectivity index (χ1v) is 5.97. The summed E-state index contributed by atoms with van der Waals surface area (Å²) in [5.41, 5.74) is 1.75. The number of hydrogen-bond donors (Lipinski definition) is 1. The summed E-state index contributed by atoms with van der Waals surface area (Å²) >= 11 is 3.46. The molecule has 3 heteroatoms. The minimum Gasteiger partial charge on any atom is -0.311 e. The molecule has 15 heavy (non-hydrogen) atoms. The van der Waals surface area contributed by atoms with Crippen LogP contribution in [0.2, 0.25) is 0 Å². The fraction of sp³-hybridized carbons (Fsp3) is 0.500. The van der Waals surface area contributed by atoms with Crippen LogP contribution in [0.15, 0.2) is 28.7 Å². The minimum absolute atomic E-state index is 0. The van der Waals surface area contributed by atoms with E-state index in [1.54, 1.807) is 0 Å². The normalized spacial score (nSPS) is 24.9. The summed E-state index contributed by atoms with van der Waals surface area (Å²) in [5, 5.41) is 3.58. The minimum atomic E-state index is 0. The Kier molecular flexibility index (Phi) is 4.63. The van der Waals surface area contributed by atoms with Gasteiger partial charge in [0.2, 0.25) is 0 Å². The van der Waals surface area contributed by atoms with Crippen LogP contribution in [0.5, 0.6) is 0 Å². The Bertz CT molecular complexity index is 304. The Hall–Kier alpha value is -0.0500. The van der Waals surface area contributed by atoms with Crippen molar-refractivity contribution in [1.29, 1.82) is 0 Å². The molecule has 84 valence electrons. The number of hydrogen-bond acceptors (Lipinski definition) is 1. The van der Waals surface area contributed by atoms with E-state index >= 15 is 0 Å². The van der Waals surface area contributed by atoms with Crippen LogP contribution in [0, 0.1) is 0 Å². The SMILES string of the molecule is CC1(Cc2ccc(Br)cc2)CCCN1.Cl. The Morgan fingerprint density at radius 1 is 1.33 bits per heavy atom. The summed E-state index contributed by atoms with van der Waals surface area (Å²) in [4.78, 5) is 0. The van der Waals surface area contributed by atoms with E-state index in [-0.39, 0.29) is 12.4 Å². The molecule has 0 amide bonds. The van der Waals surface area contributed by atoms with Gasteiger partial charge in [0, 0.05) is 10.0 Å². The van der Waals surface area contributed by atoms with E-state index < -0.39 is 0 Å². The van der Waals surface area contributed by atoms with Crippen LogP contribution in [0.25, 0.3) is 0 Å². The zero-order valence-electron chi connectivity index (χ0n) is 8.92. The maximum atomic E-state index is 3.58. The Labute approximate surface area is 106 Å². The van der Waals surface area contributed by atoms with Gasteiger partial charge in [0.1, 0.15) is 0 Å². The fourth-order valence-electron chi connectivity index (χ4n) is 2.16. The highest BCUT2D eigenvalue weighted by Crippen LogP contribution is 2.24. The standard InChI is InChI=1S/C12H16BrN.ClH/c1-12(7-2-8-14-12)9-10-3-5-11(13)6-4-10;/h3-6,14H,2,7-9H2,1H3;1H. The molecule has 1 atom stereocenters. The largest absolute Gasteiger partial charge is 0.311 e. The van der Waals surface area contributed by atoms with Gasteiger partial charge >= 0.3 is 0 Å². The average molecular weight is 291 g/mol. The lowest BCUT2D eigenvalue weighted by molar-refractivity contribution is 0.412. The molecule has 2 rings (SSSR count). The third-order valence-electron chi connectivity index (χ3n) is 2.96. The number of nitrogens with one attached hydrogen (secondary N) is 1. The fourth-order valence-corrected chi connectivity index (χ4v) is 2.43. The molecular weight excluding hydrogens is 273 g/mol. The topological polar surface area (TPSA) is 12.0 Å². The van der Waals surface area contributed by atoms with Gasteiger partial charge in [-0.1, -0.05) is 28.1 Å². The summed E-state index contributed by atoms with van der Waals surface area (Å²) < 4.78 is 1.16. The van der Waals surface area contributed by atoms with Crippen molar-refractivity contribution in [2.45, 2.75) is 31.7 Å². The Morgan fingerprint density at radius 2 is 2.00 bits per heavy atom. The van der Waals surface area contributed by atoms with Crippen molar-refractivity contribution in [1.82, 2.24) is 5.32 Å². The second kappa shape index (κ2) is 5.33. The van der Waals surface area contributed by atoms with Crippen molar-refractivity contribution in [2.24, 2.45) is 0 Å². The average Bonchev–Trinajstić information content (AvgIpc) is 2.57. The van der Waals surface area contributed by atoms with E-state index in [1.165, 1.54) is 24.9 Å². The summed E-state index contributed by atoms with van der Waals surface area (Å²) in [6.45, 7) is 3.50. The van der Waals surface area contributed by atoms with Crippen LogP contribution in [0.3, 0.4) is 0 Å². The molecule has 1 N–H and O–H groups in total. The molecule has 0 aliphatic carbocycles. The summed E-state index contributed by atoms with van der Waals surface area (Å²) in [6.07, 6.45) is 3.75. The van der Waals surface area contributed by atoms with E-state index in [9.17, 15) is 0 Å². The molecule has 1 unspecified atom stereocenters. The highest BCUT2D eigenvalue weighted by atomic mass is 79.9. The monoisotopic (exact) mass is 289 g/mol. The smallest absolute Gasteiger partial charge is 0.0194 e. The number of benzene rings is 1. The van der Waals surface area contributed by atoms with Crippen molar-refractivity contribution < 1.29 is 0 Å². The van der Waals surface area contributed by atoms with E-state index in [0.29, 0.717) is 5.54 Å². The molecule has 0 bridgehead atoms. The lowest BCUT2D eigenvalue weighted by atomic mass is 9.91. The van der Waals surface area contributed by atoms with Gasteiger partial charge in [-0.05, 0) is 50.4 Å². The van der Waals surface area contributed by atoms with Gasteiger partial charge in [-0.25, -0.2) is 0 Å². The molecule has 1 aliphatic rings. The van der Waals surface area contributed by atoms with E-state index in [1.807, 2.05) is 0 Å². The van der Waals surface area contributed by atoms with Crippen LogP contribution in [0.4, 0.5) is 0 Å². The summed E-state index contributed by atoms with van der Waals surface area (Å²) in [7, 11) is 0. The number of rotatable bonds is 2. The van der Waals surface area contributed by atoms with Crippen molar-refractivity contribution >= 4 is 28.3 Å². The van der Waals surface area contributed by atoms with Crippen molar-refractivity contribution in [3.8, 4) is 0 Å².